The van der Waals surface area contributed by atoms with E-state index in [1.807, 2.05) is 30.3 Å². The zero-order valence-corrected chi connectivity index (χ0v) is 18.2. The van der Waals surface area contributed by atoms with Gasteiger partial charge in [-0.1, -0.05) is 42.5 Å². The maximum absolute atomic E-state index is 13.3. The largest absolute Gasteiger partial charge is 0.417 e. The van der Waals surface area contributed by atoms with E-state index in [2.05, 4.69) is 10.3 Å². The molecule has 1 aliphatic rings. The first kappa shape index (κ1) is 23.7. The van der Waals surface area contributed by atoms with Crippen molar-refractivity contribution in [2.45, 2.75) is 12.7 Å². The average Bonchev–Trinajstić information content (AvgIpc) is 2.87. The van der Waals surface area contributed by atoms with Crippen molar-refractivity contribution in [1.82, 2.24) is 15.2 Å². The van der Waals surface area contributed by atoms with Gasteiger partial charge in [0.15, 0.2) is 0 Å². The molecule has 10 heteroatoms. The van der Waals surface area contributed by atoms with Crippen LogP contribution < -0.4 is 10.2 Å². The van der Waals surface area contributed by atoms with Gasteiger partial charge < -0.3 is 5.32 Å². The van der Waals surface area contributed by atoms with E-state index in [0.717, 1.165) is 22.6 Å². The van der Waals surface area contributed by atoms with Gasteiger partial charge in [-0.15, -0.1) is 0 Å². The lowest BCUT2D eigenvalue weighted by molar-refractivity contribution is -0.138. The second-order valence-electron chi connectivity index (χ2n) is 7.57. The predicted octanol–water partition coefficient (Wildman–Crippen LogP) is 4.63. The number of amides is 4. The van der Waals surface area contributed by atoms with Gasteiger partial charge in [0.1, 0.15) is 5.82 Å². The van der Waals surface area contributed by atoms with Crippen molar-refractivity contribution < 1.29 is 27.6 Å². The van der Waals surface area contributed by atoms with Crippen LogP contribution in [-0.4, -0.2) is 34.3 Å². The normalized spacial score (nSPS) is 13.6. The van der Waals surface area contributed by atoms with Gasteiger partial charge in [-0.3, -0.25) is 19.4 Å². The van der Waals surface area contributed by atoms with E-state index in [0.29, 0.717) is 11.4 Å². The highest BCUT2D eigenvalue weighted by molar-refractivity contribution is 6.10. The van der Waals surface area contributed by atoms with Gasteiger partial charge in [-0.25, -0.2) is 9.78 Å². The fraction of sp³-hybridized carbons (Fsp3) is 0.120. The van der Waals surface area contributed by atoms with Gasteiger partial charge in [-0.2, -0.15) is 13.2 Å². The summed E-state index contributed by atoms with van der Waals surface area (Å²) in [5, 5.41) is 2.76. The smallest absolute Gasteiger partial charge is 0.348 e. The molecule has 1 N–H and O–H groups in total. The number of aromatic nitrogens is 1. The van der Waals surface area contributed by atoms with E-state index in [-0.39, 0.29) is 23.8 Å². The minimum Gasteiger partial charge on any atom is -0.348 e. The summed E-state index contributed by atoms with van der Waals surface area (Å²) in [6.45, 7) is 0.131. The molecule has 0 bridgehead atoms. The van der Waals surface area contributed by atoms with Crippen LogP contribution in [0.25, 0.3) is 0 Å². The van der Waals surface area contributed by atoms with Crippen LogP contribution in [0.1, 0.15) is 31.8 Å². The number of hydrogen-bond donors (Lipinski definition) is 1. The summed E-state index contributed by atoms with van der Waals surface area (Å²) in [7, 11) is 0. The summed E-state index contributed by atoms with van der Waals surface area (Å²) in [6, 6.07) is 15.6. The Balaban J connectivity index is 1.48. The minimum atomic E-state index is -4.75. The second-order valence-corrected chi connectivity index (χ2v) is 7.57. The van der Waals surface area contributed by atoms with Crippen molar-refractivity contribution in [3.63, 3.8) is 0 Å². The Hall–Kier alpha value is -4.47. The Bertz CT molecular complexity index is 1280. The number of halogens is 3. The standard InChI is InChI=1S/C25H19F3N4O3/c26-25(27,28)20-10-5-4-9-19(20)23(34)32-14-6-13-31(24(32)35)21-12-11-18(16-29-21)22(33)30-15-17-7-2-1-3-8-17/h1-13,16H,14-15H2,(H,30,33). The molecular weight excluding hydrogens is 461 g/mol. The molecule has 0 spiro atoms. The quantitative estimate of drug-likeness (QED) is 0.578. The molecule has 2 heterocycles. The number of urea groups is 1. The number of nitrogens with one attached hydrogen (secondary N) is 1. The van der Waals surface area contributed by atoms with Crippen molar-refractivity contribution in [3.05, 3.63) is 107 Å². The van der Waals surface area contributed by atoms with Crippen molar-refractivity contribution >= 4 is 23.7 Å². The molecule has 4 rings (SSSR count). The van der Waals surface area contributed by atoms with Crippen LogP contribution in [0.15, 0.2) is 85.2 Å². The van der Waals surface area contributed by atoms with Crippen LogP contribution in [-0.2, 0) is 12.7 Å². The summed E-state index contributed by atoms with van der Waals surface area (Å²) in [5.41, 5.74) is -0.568. The summed E-state index contributed by atoms with van der Waals surface area (Å²) < 4.78 is 40.0. The first-order chi connectivity index (χ1) is 16.8. The summed E-state index contributed by atoms with van der Waals surface area (Å²) in [4.78, 5) is 44.1. The highest BCUT2D eigenvalue weighted by Crippen LogP contribution is 2.33. The number of alkyl halides is 3. The number of carbonyl (C=O) groups excluding carboxylic acids is 3. The number of pyridine rings is 1. The fourth-order valence-corrected chi connectivity index (χ4v) is 3.48. The molecular formula is C25H19F3N4O3. The number of hydrogen-bond acceptors (Lipinski definition) is 4. The van der Waals surface area contributed by atoms with Crippen LogP contribution in [0.5, 0.6) is 0 Å². The Kier molecular flexibility index (Phi) is 6.63. The molecule has 0 saturated carbocycles. The molecule has 0 atom stereocenters. The summed E-state index contributed by atoms with van der Waals surface area (Å²) in [6.07, 6.45) is -0.646. The van der Waals surface area contributed by atoms with E-state index in [1.165, 1.54) is 42.7 Å². The maximum Gasteiger partial charge on any atom is 0.417 e. The highest BCUT2D eigenvalue weighted by Gasteiger charge is 2.38. The molecule has 7 nitrogen and oxygen atoms in total. The minimum absolute atomic E-state index is 0.104. The molecule has 2 aromatic carbocycles. The molecule has 1 aromatic heterocycles. The van der Waals surface area contributed by atoms with Gasteiger partial charge >= 0.3 is 12.2 Å². The third kappa shape index (κ3) is 5.21. The number of benzene rings is 2. The Morgan fingerprint density at radius 1 is 0.971 bits per heavy atom. The lowest BCUT2D eigenvalue weighted by Crippen LogP contribution is -2.47. The molecule has 3 aromatic rings. The van der Waals surface area contributed by atoms with E-state index in [1.54, 1.807) is 0 Å². The SMILES string of the molecule is O=C(NCc1ccccc1)c1ccc(N2C=CCN(C(=O)c3ccccc3C(F)(F)F)C2=O)nc1. The molecule has 35 heavy (non-hydrogen) atoms. The number of rotatable bonds is 5. The van der Waals surface area contributed by atoms with Crippen molar-refractivity contribution in [1.29, 1.82) is 0 Å². The van der Waals surface area contributed by atoms with Crippen LogP contribution in [0.3, 0.4) is 0 Å². The van der Waals surface area contributed by atoms with Crippen molar-refractivity contribution in [3.8, 4) is 0 Å². The number of carbonyl (C=O) groups is 3. The first-order valence-corrected chi connectivity index (χ1v) is 10.5. The fourth-order valence-electron chi connectivity index (χ4n) is 3.48. The van der Waals surface area contributed by atoms with Gasteiger partial charge in [0.2, 0.25) is 0 Å². The number of nitrogens with zero attached hydrogens (tertiary/aromatic N) is 3. The van der Waals surface area contributed by atoms with Crippen molar-refractivity contribution in [2.24, 2.45) is 0 Å². The zero-order chi connectivity index (χ0) is 25.0. The monoisotopic (exact) mass is 480 g/mol. The average molecular weight is 480 g/mol. The molecule has 0 saturated heterocycles. The lowest BCUT2D eigenvalue weighted by atomic mass is 10.1. The first-order valence-electron chi connectivity index (χ1n) is 10.5. The Morgan fingerprint density at radius 2 is 1.69 bits per heavy atom. The molecule has 4 amide bonds. The highest BCUT2D eigenvalue weighted by atomic mass is 19.4. The van der Waals surface area contributed by atoms with E-state index in [4.69, 9.17) is 0 Å². The van der Waals surface area contributed by atoms with Gasteiger partial charge in [-0.05, 0) is 35.9 Å². The summed E-state index contributed by atoms with van der Waals surface area (Å²) >= 11 is 0. The topological polar surface area (TPSA) is 82.6 Å². The third-order valence-electron chi connectivity index (χ3n) is 5.24. The number of imide groups is 1. The maximum atomic E-state index is 13.3. The molecule has 1 aliphatic heterocycles. The van der Waals surface area contributed by atoms with Gasteiger partial charge in [0.05, 0.1) is 23.2 Å². The van der Waals surface area contributed by atoms with E-state index >= 15 is 0 Å². The van der Waals surface area contributed by atoms with Crippen LogP contribution in [0.2, 0.25) is 0 Å². The second kappa shape index (κ2) is 9.80. The van der Waals surface area contributed by atoms with Crippen molar-refractivity contribution in [2.75, 3.05) is 11.4 Å². The zero-order valence-electron chi connectivity index (χ0n) is 18.2. The molecule has 0 radical (unpaired) electrons. The molecule has 178 valence electrons. The molecule has 0 aliphatic carbocycles. The van der Waals surface area contributed by atoms with Crippen LogP contribution >= 0.6 is 0 Å². The lowest BCUT2D eigenvalue weighted by Gasteiger charge is -2.30. The Morgan fingerprint density at radius 3 is 2.37 bits per heavy atom. The molecule has 0 unspecified atom stereocenters. The van der Waals surface area contributed by atoms with Gasteiger partial charge in [0, 0.05) is 18.9 Å². The third-order valence-corrected chi connectivity index (χ3v) is 5.24. The van der Waals surface area contributed by atoms with Crippen LogP contribution in [0, 0.1) is 0 Å². The van der Waals surface area contributed by atoms with E-state index in [9.17, 15) is 27.6 Å². The summed E-state index contributed by atoms with van der Waals surface area (Å²) in [5.74, 6) is -1.34. The van der Waals surface area contributed by atoms with Crippen LogP contribution in [0.4, 0.5) is 23.8 Å². The number of anilines is 1. The predicted molar refractivity (Wildman–Crippen MR) is 121 cm³/mol. The Labute approximate surface area is 198 Å². The van der Waals surface area contributed by atoms with E-state index < -0.39 is 29.2 Å². The van der Waals surface area contributed by atoms with Gasteiger partial charge in [0.25, 0.3) is 11.8 Å². The molecule has 0 fully saturated rings.